The molecule has 42 heavy (non-hydrogen) atoms. The molecular weight excluding hydrogens is 561 g/mol. The van der Waals surface area contributed by atoms with Gasteiger partial charge in [-0.25, -0.2) is 14.2 Å². The van der Waals surface area contributed by atoms with Gasteiger partial charge in [0, 0.05) is 44.0 Å². The number of H-pyrrole nitrogens is 1. The molecule has 3 aromatic heterocycles. The van der Waals surface area contributed by atoms with Gasteiger partial charge < -0.3 is 9.88 Å². The average Bonchev–Trinajstić information content (AvgIpc) is 3.64. The molecule has 216 valence electrons. The number of carbonyl (C=O) groups is 1. The fourth-order valence-corrected chi connectivity index (χ4v) is 5.42. The Hall–Kier alpha value is -4.51. The van der Waals surface area contributed by atoms with Crippen LogP contribution in [0, 0.1) is 18.7 Å². The van der Waals surface area contributed by atoms with Crippen molar-refractivity contribution in [2.45, 2.75) is 39.3 Å². The number of aromatic amines is 1. The minimum absolute atomic E-state index is 0.154. The summed E-state index contributed by atoms with van der Waals surface area (Å²) >= 11 is 6.19. The second kappa shape index (κ2) is 10.7. The van der Waals surface area contributed by atoms with Gasteiger partial charge in [0.25, 0.3) is 11.5 Å². The number of carbonyl (C=O) groups excluding carboxylic acids is 1. The Kier molecular flexibility index (Phi) is 7.05. The number of anilines is 1. The number of imidazole rings is 1. The molecule has 0 atom stereocenters. The van der Waals surface area contributed by atoms with Crippen molar-refractivity contribution in [2.24, 2.45) is 13.0 Å². The minimum Gasteiger partial charge on any atom is -0.336 e. The molecule has 0 unspecified atom stereocenters. The zero-order chi connectivity index (χ0) is 29.7. The van der Waals surface area contributed by atoms with Gasteiger partial charge in [0.2, 0.25) is 0 Å². The van der Waals surface area contributed by atoms with Gasteiger partial charge in [-0.2, -0.15) is 5.10 Å². The predicted octanol–water partition coefficient (Wildman–Crippen LogP) is 4.05. The number of rotatable bonds is 8. The summed E-state index contributed by atoms with van der Waals surface area (Å²) in [5.74, 6) is 0.126. The number of nitrogens with zero attached hydrogens (tertiary/aromatic N) is 6. The molecule has 5 aromatic rings. The van der Waals surface area contributed by atoms with Crippen LogP contribution in [0.15, 0.2) is 58.1 Å². The molecule has 1 amide bonds. The van der Waals surface area contributed by atoms with Crippen LogP contribution in [0.5, 0.6) is 0 Å². The maximum absolute atomic E-state index is 14.4. The second-order valence-corrected chi connectivity index (χ2v) is 11.1. The number of benzene rings is 2. The summed E-state index contributed by atoms with van der Waals surface area (Å²) in [6, 6.07) is 13.5. The van der Waals surface area contributed by atoms with Gasteiger partial charge in [-0.3, -0.25) is 23.4 Å². The molecule has 1 saturated carbocycles. The maximum atomic E-state index is 14.4. The van der Waals surface area contributed by atoms with Crippen LogP contribution in [-0.2, 0) is 26.6 Å². The number of hydrogen-bond donors (Lipinski definition) is 1. The average molecular weight is 590 g/mol. The van der Waals surface area contributed by atoms with E-state index in [0.717, 1.165) is 23.0 Å². The molecule has 1 N–H and O–H groups in total. The van der Waals surface area contributed by atoms with Gasteiger partial charge in [-0.1, -0.05) is 41.9 Å². The Morgan fingerprint density at radius 3 is 2.48 bits per heavy atom. The summed E-state index contributed by atoms with van der Waals surface area (Å²) in [7, 11) is 3.40. The molecule has 12 heteroatoms. The predicted molar refractivity (Wildman–Crippen MR) is 158 cm³/mol. The molecule has 2 aromatic carbocycles. The summed E-state index contributed by atoms with van der Waals surface area (Å²) in [4.78, 5) is 49.3. The third-order valence-corrected chi connectivity index (χ3v) is 8.10. The van der Waals surface area contributed by atoms with Crippen molar-refractivity contribution in [3.63, 3.8) is 0 Å². The van der Waals surface area contributed by atoms with Crippen molar-refractivity contribution < 1.29 is 9.18 Å². The first-order chi connectivity index (χ1) is 20.1. The largest absolute Gasteiger partial charge is 0.336 e. The van der Waals surface area contributed by atoms with Crippen LogP contribution >= 0.6 is 11.6 Å². The van der Waals surface area contributed by atoms with Crippen LogP contribution in [0.3, 0.4) is 0 Å². The van der Waals surface area contributed by atoms with E-state index in [1.807, 2.05) is 24.3 Å². The number of amides is 1. The van der Waals surface area contributed by atoms with Crippen molar-refractivity contribution in [3.05, 3.63) is 109 Å². The van der Waals surface area contributed by atoms with E-state index >= 15 is 0 Å². The molecule has 0 radical (unpaired) electrons. The summed E-state index contributed by atoms with van der Waals surface area (Å²) in [5, 5.41) is 4.27. The standard InChI is InChI=1S/C30H29ClFN7O3/c1-17-24(26(31)35-37(17)3)28(40)36(2)21-12-10-18(11-13-21)14-23-33-25-27(34-23)38(15-19-8-9-19)30(42)39(29(25)41)16-20-6-4-5-7-22(20)32/h4-7,10-13,19H,8-9,14-16H2,1-3H3,(H,33,34). The molecule has 0 aliphatic heterocycles. The van der Waals surface area contributed by atoms with Gasteiger partial charge in [-0.05, 0) is 49.4 Å². The van der Waals surface area contributed by atoms with Gasteiger partial charge in [0.05, 0.1) is 12.1 Å². The lowest BCUT2D eigenvalue weighted by Crippen LogP contribution is -2.40. The second-order valence-electron chi connectivity index (χ2n) is 10.8. The van der Waals surface area contributed by atoms with Gasteiger partial charge in [0.1, 0.15) is 17.2 Å². The molecule has 3 heterocycles. The number of aromatic nitrogens is 6. The first-order valence-corrected chi connectivity index (χ1v) is 14.0. The Bertz CT molecular complexity index is 1950. The summed E-state index contributed by atoms with van der Waals surface area (Å²) in [6.45, 7) is 2.07. The maximum Gasteiger partial charge on any atom is 0.333 e. The molecular formula is C30H29ClFN7O3. The Balaban J connectivity index is 1.29. The van der Waals surface area contributed by atoms with Crippen LogP contribution < -0.4 is 16.1 Å². The normalized spacial score (nSPS) is 13.2. The Morgan fingerprint density at radius 1 is 1.12 bits per heavy atom. The van der Waals surface area contributed by atoms with E-state index in [1.54, 1.807) is 43.9 Å². The van der Waals surface area contributed by atoms with Crippen LogP contribution in [-0.4, -0.2) is 41.8 Å². The zero-order valence-electron chi connectivity index (χ0n) is 23.4. The lowest BCUT2D eigenvalue weighted by Gasteiger charge is -2.17. The lowest BCUT2D eigenvalue weighted by atomic mass is 10.1. The van der Waals surface area contributed by atoms with E-state index < -0.39 is 17.1 Å². The topological polar surface area (TPSA) is 111 Å². The number of nitrogens with one attached hydrogen (secondary N) is 1. The van der Waals surface area contributed by atoms with Crippen molar-refractivity contribution in [3.8, 4) is 0 Å². The molecule has 1 fully saturated rings. The fourth-order valence-electron chi connectivity index (χ4n) is 5.08. The van der Waals surface area contributed by atoms with Crippen LogP contribution in [0.25, 0.3) is 11.2 Å². The summed E-state index contributed by atoms with van der Waals surface area (Å²) in [5.41, 5.74) is 2.33. The number of fused-ring (bicyclic) bond motifs is 1. The van der Waals surface area contributed by atoms with Gasteiger partial charge >= 0.3 is 5.69 Å². The quantitative estimate of drug-likeness (QED) is 0.294. The van der Waals surface area contributed by atoms with Crippen molar-refractivity contribution in [1.82, 2.24) is 28.9 Å². The monoisotopic (exact) mass is 589 g/mol. The molecule has 1 aliphatic carbocycles. The van der Waals surface area contributed by atoms with E-state index in [2.05, 4.69) is 15.1 Å². The number of hydrogen-bond acceptors (Lipinski definition) is 5. The highest BCUT2D eigenvalue weighted by Gasteiger charge is 2.26. The van der Waals surface area contributed by atoms with Crippen LogP contribution in [0.2, 0.25) is 5.15 Å². The molecule has 0 saturated heterocycles. The molecule has 10 nitrogen and oxygen atoms in total. The van der Waals surface area contributed by atoms with E-state index in [-0.39, 0.29) is 28.7 Å². The first kappa shape index (κ1) is 27.6. The molecule has 0 bridgehead atoms. The Morgan fingerprint density at radius 2 is 1.83 bits per heavy atom. The first-order valence-electron chi connectivity index (χ1n) is 13.6. The van der Waals surface area contributed by atoms with Crippen molar-refractivity contribution in [2.75, 3.05) is 11.9 Å². The smallest absolute Gasteiger partial charge is 0.333 e. The van der Waals surface area contributed by atoms with E-state index in [4.69, 9.17) is 11.6 Å². The zero-order valence-corrected chi connectivity index (χ0v) is 24.2. The minimum atomic E-state index is -0.538. The highest BCUT2D eigenvalue weighted by atomic mass is 35.5. The molecule has 6 rings (SSSR count). The van der Waals surface area contributed by atoms with Crippen molar-refractivity contribution >= 4 is 34.4 Å². The third-order valence-electron chi connectivity index (χ3n) is 7.84. The van der Waals surface area contributed by atoms with Crippen LogP contribution in [0.1, 0.15) is 45.8 Å². The van der Waals surface area contributed by atoms with E-state index in [1.165, 1.54) is 15.5 Å². The van der Waals surface area contributed by atoms with Crippen LogP contribution in [0.4, 0.5) is 10.1 Å². The summed E-state index contributed by atoms with van der Waals surface area (Å²) in [6.07, 6.45) is 2.38. The van der Waals surface area contributed by atoms with E-state index in [0.29, 0.717) is 47.3 Å². The number of halogens is 2. The third kappa shape index (κ3) is 5.04. The van der Waals surface area contributed by atoms with Crippen molar-refractivity contribution in [1.29, 1.82) is 0 Å². The molecule has 1 aliphatic rings. The van der Waals surface area contributed by atoms with Gasteiger partial charge in [0.15, 0.2) is 10.8 Å². The van der Waals surface area contributed by atoms with E-state index in [9.17, 15) is 18.8 Å². The fraction of sp³-hybridized carbons (Fsp3) is 0.300. The SMILES string of the molecule is Cc1c(C(=O)N(C)c2ccc(Cc3nc4c([nH]3)c(=O)n(Cc3ccccc3F)c(=O)n4CC3CC3)cc2)c(Cl)nn1C. The highest BCUT2D eigenvalue weighted by molar-refractivity contribution is 6.33. The summed E-state index contributed by atoms with van der Waals surface area (Å²) < 4.78 is 18.6. The lowest BCUT2D eigenvalue weighted by molar-refractivity contribution is 0.0992. The Labute approximate surface area is 245 Å². The number of aryl methyl sites for hydroxylation is 1. The highest BCUT2D eigenvalue weighted by Crippen LogP contribution is 2.31. The van der Waals surface area contributed by atoms with Gasteiger partial charge in [-0.15, -0.1) is 0 Å². The molecule has 0 spiro atoms.